The summed E-state index contributed by atoms with van der Waals surface area (Å²) in [6.07, 6.45) is 1.18. The van der Waals surface area contributed by atoms with E-state index in [1.807, 2.05) is 0 Å². The number of hydrogen-bond acceptors (Lipinski definition) is 7. The number of carbonyl (C=O) groups excluding carboxylic acids is 2. The van der Waals surface area contributed by atoms with Crippen LogP contribution in [0.1, 0.15) is 24.2 Å². The lowest BCUT2D eigenvalue weighted by Crippen LogP contribution is -2.49. The number of aromatic nitrogens is 1. The third-order valence-electron chi connectivity index (χ3n) is 6.10. The molecule has 12 heteroatoms. The summed E-state index contributed by atoms with van der Waals surface area (Å²) in [4.78, 5) is 36.8. The van der Waals surface area contributed by atoms with Crippen molar-refractivity contribution in [2.45, 2.75) is 25.3 Å². The number of hydrogen-bond donors (Lipinski definition) is 1. The first kappa shape index (κ1) is 25.3. The van der Waals surface area contributed by atoms with Crippen molar-refractivity contribution in [3.63, 3.8) is 0 Å². The van der Waals surface area contributed by atoms with Crippen molar-refractivity contribution in [2.75, 3.05) is 36.4 Å². The van der Waals surface area contributed by atoms with E-state index in [0.717, 1.165) is 6.07 Å². The number of carbonyl (C=O) groups is 2. The van der Waals surface area contributed by atoms with Crippen LogP contribution in [-0.4, -0.2) is 55.3 Å². The van der Waals surface area contributed by atoms with Crippen molar-refractivity contribution < 1.29 is 27.5 Å². The standard InChI is InChI=1S/C24H25FN4O6S/c1-3-27-14-19(24(32)33)23(31)18-12-20(25)22(13-21(18)27)28-8-10-29(11-9-28)36(34,35)17-6-4-16(5-7-17)26-15(2)30/h4-7,12-14H,3,8-11H2,1-2H3,(H,26,30)(H,32,33)/p-1. The Morgan fingerprint density at radius 2 is 1.72 bits per heavy atom. The van der Waals surface area contributed by atoms with E-state index in [1.54, 1.807) is 11.8 Å². The van der Waals surface area contributed by atoms with E-state index in [0.29, 0.717) is 17.7 Å². The molecular weight excluding hydrogens is 491 g/mol. The Bertz CT molecular complexity index is 1510. The van der Waals surface area contributed by atoms with Gasteiger partial charge in [0.05, 0.1) is 27.6 Å². The van der Waals surface area contributed by atoms with Crippen molar-refractivity contribution >= 4 is 44.2 Å². The highest BCUT2D eigenvalue weighted by Gasteiger charge is 2.29. The number of aryl methyl sites for hydroxylation is 1. The maximum Gasteiger partial charge on any atom is 0.243 e. The van der Waals surface area contributed by atoms with E-state index in [1.165, 1.54) is 52.3 Å². The van der Waals surface area contributed by atoms with E-state index >= 15 is 4.39 Å². The average Bonchev–Trinajstić information content (AvgIpc) is 2.84. The zero-order valence-electron chi connectivity index (χ0n) is 19.7. The van der Waals surface area contributed by atoms with Crippen LogP contribution in [0.15, 0.2) is 52.3 Å². The molecule has 1 N–H and O–H groups in total. The summed E-state index contributed by atoms with van der Waals surface area (Å²) in [5, 5.41) is 13.8. The summed E-state index contributed by atoms with van der Waals surface area (Å²) < 4.78 is 44.0. The van der Waals surface area contributed by atoms with Crippen molar-refractivity contribution in [3.8, 4) is 0 Å². The number of anilines is 2. The molecule has 1 aliphatic rings. The van der Waals surface area contributed by atoms with Crippen molar-refractivity contribution in [1.82, 2.24) is 8.87 Å². The van der Waals surface area contributed by atoms with Gasteiger partial charge < -0.3 is 24.7 Å². The molecule has 0 aliphatic carbocycles. The number of sulfonamides is 1. The zero-order valence-corrected chi connectivity index (χ0v) is 20.5. The van der Waals surface area contributed by atoms with Gasteiger partial charge in [0.25, 0.3) is 0 Å². The van der Waals surface area contributed by atoms with E-state index in [2.05, 4.69) is 5.32 Å². The molecule has 1 amide bonds. The minimum absolute atomic E-state index is 0.0660. The Hall–Kier alpha value is -3.77. The van der Waals surface area contributed by atoms with Gasteiger partial charge in [-0.15, -0.1) is 0 Å². The zero-order chi connectivity index (χ0) is 26.2. The number of pyridine rings is 1. The highest BCUT2D eigenvalue weighted by Crippen LogP contribution is 2.28. The normalized spacial score (nSPS) is 14.7. The second-order valence-electron chi connectivity index (χ2n) is 8.36. The summed E-state index contributed by atoms with van der Waals surface area (Å²) >= 11 is 0. The second kappa shape index (κ2) is 9.70. The minimum atomic E-state index is -3.79. The Labute approximate surface area is 206 Å². The van der Waals surface area contributed by atoms with E-state index in [-0.39, 0.29) is 48.1 Å². The van der Waals surface area contributed by atoms with Gasteiger partial charge in [-0.3, -0.25) is 9.59 Å². The fourth-order valence-corrected chi connectivity index (χ4v) is 5.70. The van der Waals surface area contributed by atoms with Crippen LogP contribution in [0.2, 0.25) is 0 Å². The van der Waals surface area contributed by atoms with Gasteiger partial charge in [0.15, 0.2) is 5.43 Å². The molecule has 0 saturated carbocycles. The molecule has 1 saturated heterocycles. The van der Waals surface area contributed by atoms with Crippen LogP contribution in [0.5, 0.6) is 0 Å². The predicted octanol–water partition coefficient (Wildman–Crippen LogP) is 0.993. The van der Waals surface area contributed by atoms with E-state index in [4.69, 9.17) is 0 Å². The monoisotopic (exact) mass is 515 g/mol. The van der Waals surface area contributed by atoms with Gasteiger partial charge in [-0.2, -0.15) is 4.31 Å². The van der Waals surface area contributed by atoms with Crippen LogP contribution in [0.3, 0.4) is 0 Å². The van der Waals surface area contributed by atoms with Gasteiger partial charge in [0.1, 0.15) is 5.82 Å². The van der Waals surface area contributed by atoms with Gasteiger partial charge in [-0.05, 0) is 43.3 Å². The fourth-order valence-electron chi connectivity index (χ4n) is 4.28. The van der Waals surface area contributed by atoms with Crippen LogP contribution in [-0.2, 0) is 21.4 Å². The Morgan fingerprint density at radius 3 is 2.28 bits per heavy atom. The number of aromatic carboxylic acids is 1. The first-order valence-corrected chi connectivity index (χ1v) is 12.7. The van der Waals surface area contributed by atoms with Crippen molar-refractivity contribution in [3.05, 3.63) is 64.2 Å². The summed E-state index contributed by atoms with van der Waals surface area (Å²) in [6.45, 7) is 4.09. The molecule has 1 fully saturated rings. The maximum atomic E-state index is 15.1. The van der Waals surface area contributed by atoms with Crippen molar-refractivity contribution in [2.24, 2.45) is 0 Å². The summed E-state index contributed by atoms with van der Waals surface area (Å²) in [5.41, 5.74) is -0.309. The minimum Gasteiger partial charge on any atom is -0.545 e. The number of carboxylic acid groups (broad SMARTS) is 1. The molecule has 1 aliphatic heterocycles. The largest absolute Gasteiger partial charge is 0.545 e. The molecule has 0 bridgehead atoms. The van der Waals surface area contributed by atoms with E-state index < -0.39 is 32.8 Å². The molecule has 10 nitrogen and oxygen atoms in total. The Morgan fingerprint density at radius 1 is 1.08 bits per heavy atom. The summed E-state index contributed by atoms with van der Waals surface area (Å²) in [5.74, 6) is -2.60. The maximum absolute atomic E-state index is 15.1. The fraction of sp³-hybridized carbons (Fsp3) is 0.292. The van der Waals surface area contributed by atoms with Crippen LogP contribution in [0.25, 0.3) is 10.9 Å². The van der Waals surface area contributed by atoms with Gasteiger partial charge in [-0.25, -0.2) is 12.8 Å². The molecule has 0 atom stereocenters. The number of piperazine rings is 1. The first-order valence-electron chi connectivity index (χ1n) is 11.2. The van der Waals surface area contributed by atoms with Crippen molar-refractivity contribution in [1.29, 1.82) is 0 Å². The quantitative estimate of drug-likeness (QED) is 0.518. The summed E-state index contributed by atoms with van der Waals surface area (Å²) in [6, 6.07) is 8.36. The number of benzene rings is 2. The molecule has 0 radical (unpaired) electrons. The smallest absolute Gasteiger partial charge is 0.243 e. The molecule has 1 aromatic heterocycles. The molecule has 2 heterocycles. The van der Waals surface area contributed by atoms with E-state index in [9.17, 15) is 27.9 Å². The lowest BCUT2D eigenvalue weighted by Gasteiger charge is -2.35. The number of amides is 1. The SMILES string of the molecule is CCn1cc(C(=O)[O-])c(=O)c2cc(F)c(N3CCN(S(=O)(=O)c4ccc(NC(C)=O)cc4)CC3)cc21. The molecular formula is C24H24FN4O6S-. The van der Waals surface area contributed by atoms with Crippen LogP contribution in [0, 0.1) is 5.82 Å². The highest BCUT2D eigenvalue weighted by atomic mass is 32.2. The molecule has 0 spiro atoms. The lowest BCUT2D eigenvalue weighted by atomic mass is 10.1. The Kier molecular flexibility index (Phi) is 6.83. The third kappa shape index (κ3) is 4.69. The number of halogens is 1. The molecule has 4 rings (SSSR count). The highest BCUT2D eigenvalue weighted by molar-refractivity contribution is 7.89. The number of nitrogens with zero attached hydrogens (tertiary/aromatic N) is 3. The van der Waals surface area contributed by atoms with Gasteiger partial charge >= 0.3 is 0 Å². The molecule has 36 heavy (non-hydrogen) atoms. The van der Waals surface area contributed by atoms with Gasteiger partial charge in [0.2, 0.25) is 15.9 Å². The molecule has 190 valence electrons. The molecule has 3 aromatic rings. The predicted molar refractivity (Wildman–Crippen MR) is 130 cm³/mol. The van der Waals surface area contributed by atoms with Gasteiger partial charge in [0, 0.05) is 56.9 Å². The topological polar surface area (TPSA) is 132 Å². The van der Waals surface area contributed by atoms with Crippen LogP contribution >= 0.6 is 0 Å². The summed E-state index contributed by atoms with van der Waals surface area (Å²) in [7, 11) is -3.79. The number of fused-ring (bicyclic) bond motifs is 1. The van der Waals surface area contributed by atoms with Crippen LogP contribution < -0.4 is 20.8 Å². The first-order chi connectivity index (χ1) is 17.0. The van der Waals surface area contributed by atoms with Crippen LogP contribution in [0.4, 0.5) is 15.8 Å². The number of nitrogens with one attached hydrogen (secondary N) is 1. The number of carboxylic acids is 1. The molecule has 0 unspecified atom stereocenters. The van der Waals surface area contributed by atoms with Gasteiger partial charge in [-0.1, -0.05) is 0 Å². The Balaban J connectivity index is 1.58. The second-order valence-corrected chi connectivity index (χ2v) is 10.3. The number of rotatable bonds is 6. The average molecular weight is 516 g/mol. The lowest BCUT2D eigenvalue weighted by molar-refractivity contribution is -0.255. The molecule has 2 aromatic carbocycles. The third-order valence-corrected chi connectivity index (χ3v) is 8.01.